The molecule has 0 saturated heterocycles. The first-order valence-corrected chi connectivity index (χ1v) is 7.79. The normalized spacial score (nSPS) is 11.4. The lowest BCUT2D eigenvalue weighted by Crippen LogP contribution is -2.16. The van der Waals surface area contributed by atoms with Gasteiger partial charge in [0, 0.05) is 29.4 Å². The van der Waals surface area contributed by atoms with E-state index in [1.165, 1.54) is 22.9 Å². The van der Waals surface area contributed by atoms with Crippen LogP contribution in [0.25, 0.3) is 5.95 Å². The monoisotopic (exact) mass is 339 g/mol. The third-order valence-electron chi connectivity index (χ3n) is 3.55. The topological polar surface area (TPSA) is 72.7 Å². The SMILES string of the molecule is CC(C)(C)c1cc(NC(=O)c2cccc(F)c2)n(-c2ncccn2)n1. The van der Waals surface area contributed by atoms with Crippen LogP contribution in [-0.2, 0) is 5.41 Å². The van der Waals surface area contributed by atoms with Crippen LogP contribution in [0.3, 0.4) is 0 Å². The van der Waals surface area contributed by atoms with Gasteiger partial charge in [-0.3, -0.25) is 4.79 Å². The molecule has 25 heavy (non-hydrogen) atoms. The molecule has 0 radical (unpaired) electrons. The zero-order valence-corrected chi connectivity index (χ0v) is 14.2. The molecule has 0 saturated carbocycles. The fourth-order valence-electron chi connectivity index (χ4n) is 2.21. The highest BCUT2D eigenvalue weighted by Crippen LogP contribution is 2.25. The summed E-state index contributed by atoms with van der Waals surface area (Å²) in [5, 5.41) is 7.28. The number of carbonyl (C=O) groups excluding carboxylic acids is 1. The molecule has 1 N–H and O–H groups in total. The Morgan fingerprint density at radius 3 is 2.48 bits per heavy atom. The molecule has 1 aromatic carbocycles. The number of rotatable bonds is 3. The summed E-state index contributed by atoms with van der Waals surface area (Å²) >= 11 is 0. The fraction of sp³-hybridized carbons (Fsp3) is 0.222. The number of carbonyl (C=O) groups is 1. The van der Waals surface area contributed by atoms with Gasteiger partial charge in [-0.25, -0.2) is 14.4 Å². The summed E-state index contributed by atoms with van der Waals surface area (Å²) in [6.45, 7) is 6.05. The van der Waals surface area contributed by atoms with Crippen LogP contribution in [0, 0.1) is 5.82 Å². The molecule has 0 aliphatic carbocycles. The second kappa shape index (κ2) is 6.43. The molecule has 0 bridgehead atoms. The molecule has 0 atom stereocenters. The van der Waals surface area contributed by atoms with Crippen LogP contribution in [0.2, 0.25) is 0 Å². The summed E-state index contributed by atoms with van der Waals surface area (Å²) in [7, 11) is 0. The second-order valence-electron chi connectivity index (χ2n) is 6.59. The molecular weight excluding hydrogens is 321 g/mol. The first-order valence-electron chi connectivity index (χ1n) is 7.79. The van der Waals surface area contributed by atoms with Crippen molar-refractivity contribution < 1.29 is 9.18 Å². The molecule has 0 aliphatic rings. The maximum absolute atomic E-state index is 13.4. The van der Waals surface area contributed by atoms with Crippen LogP contribution in [0.4, 0.5) is 10.2 Å². The molecule has 0 fully saturated rings. The van der Waals surface area contributed by atoms with Crippen LogP contribution < -0.4 is 5.32 Å². The van der Waals surface area contributed by atoms with Gasteiger partial charge in [0.2, 0.25) is 0 Å². The average Bonchev–Trinajstić information content (AvgIpc) is 3.00. The Kier molecular flexibility index (Phi) is 4.31. The van der Waals surface area contributed by atoms with Gasteiger partial charge < -0.3 is 5.32 Å². The van der Waals surface area contributed by atoms with E-state index in [9.17, 15) is 9.18 Å². The maximum atomic E-state index is 13.4. The van der Waals surface area contributed by atoms with Crippen molar-refractivity contribution in [2.24, 2.45) is 0 Å². The Morgan fingerprint density at radius 1 is 1.12 bits per heavy atom. The Hall–Kier alpha value is -3.09. The molecule has 7 heteroatoms. The summed E-state index contributed by atoms with van der Waals surface area (Å²) < 4.78 is 14.8. The van der Waals surface area contributed by atoms with E-state index < -0.39 is 11.7 Å². The number of nitrogens with zero attached hydrogens (tertiary/aromatic N) is 4. The molecule has 3 aromatic rings. The molecule has 6 nitrogen and oxygen atoms in total. The number of hydrogen-bond donors (Lipinski definition) is 1. The van der Waals surface area contributed by atoms with Crippen molar-refractivity contribution in [3.63, 3.8) is 0 Å². The van der Waals surface area contributed by atoms with Crippen molar-refractivity contribution in [2.75, 3.05) is 5.32 Å². The molecule has 0 unspecified atom stereocenters. The summed E-state index contributed by atoms with van der Waals surface area (Å²) in [5.74, 6) is -0.141. The van der Waals surface area contributed by atoms with E-state index in [0.29, 0.717) is 11.8 Å². The number of nitrogens with one attached hydrogen (secondary N) is 1. The number of amides is 1. The van der Waals surface area contributed by atoms with Crippen molar-refractivity contribution in [1.29, 1.82) is 0 Å². The van der Waals surface area contributed by atoms with E-state index in [4.69, 9.17) is 0 Å². The predicted octanol–water partition coefficient (Wildman–Crippen LogP) is 3.35. The molecule has 128 valence electrons. The van der Waals surface area contributed by atoms with E-state index >= 15 is 0 Å². The summed E-state index contributed by atoms with van der Waals surface area (Å²) in [5.41, 5.74) is 0.770. The molecule has 3 rings (SSSR count). The van der Waals surface area contributed by atoms with Gasteiger partial charge in [-0.2, -0.15) is 9.78 Å². The summed E-state index contributed by atoms with van der Waals surface area (Å²) in [6.07, 6.45) is 3.19. The number of anilines is 1. The highest BCUT2D eigenvalue weighted by Gasteiger charge is 2.22. The minimum atomic E-state index is -0.470. The Labute approximate surface area is 144 Å². The van der Waals surface area contributed by atoms with Crippen LogP contribution in [0.1, 0.15) is 36.8 Å². The number of hydrogen-bond acceptors (Lipinski definition) is 4. The Morgan fingerprint density at radius 2 is 1.84 bits per heavy atom. The van der Waals surface area contributed by atoms with Gasteiger partial charge in [-0.1, -0.05) is 26.8 Å². The van der Waals surface area contributed by atoms with Crippen LogP contribution in [-0.4, -0.2) is 25.7 Å². The lowest BCUT2D eigenvalue weighted by molar-refractivity contribution is 0.102. The largest absolute Gasteiger partial charge is 0.306 e. The number of halogens is 1. The molecule has 0 aliphatic heterocycles. The van der Waals surface area contributed by atoms with Gasteiger partial charge in [0.1, 0.15) is 11.6 Å². The van der Waals surface area contributed by atoms with E-state index in [-0.39, 0.29) is 11.0 Å². The molecule has 1 amide bonds. The lowest BCUT2D eigenvalue weighted by atomic mass is 9.92. The average molecular weight is 339 g/mol. The minimum absolute atomic E-state index is 0.221. The van der Waals surface area contributed by atoms with Crippen molar-refractivity contribution in [3.05, 3.63) is 65.9 Å². The molecule has 2 heterocycles. The van der Waals surface area contributed by atoms with Crippen LogP contribution in [0.5, 0.6) is 0 Å². The van der Waals surface area contributed by atoms with Gasteiger partial charge in [-0.05, 0) is 24.3 Å². The van der Waals surface area contributed by atoms with Crippen molar-refractivity contribution in [1.82, 2.24) is 19.7 Å². The van der Waals surface area contributed by atoms with Gasteiger partial charge in [0.05, 0.1) is 5.69 Å². The van der Waals surface area contributed by atoms with Gasteiger partial charge in [-0.15, -0.1) is 0 Å². The minimum Gasteiger partial charge on any atom is -0.306 e. The zero-order valence-electron chi connectivity index (χ0n) is 14.2. The van der Waals surface area contributed by atoms with Crippen LogP contribution in [0.15, 0.2) is 48.8 Å². The highest BCUT2D eigenvalue weighted by molar-refractivity contribution is 6.03. The summed E-state index contributed by atoms with van der Waals surface area (Å²) in [4.78, 5) is 20.8. The first kappa shape index (κ1) is 16.8. The Balaban J connectivity index is 2.00. The van der Waals surface area contributed by atoms with E-state index in [1.54, 1.807) is 30.6 Å². The number of benzene rings is 1. The molecular formula is C18H18FN5O. The van der Waals surface area contributed by atoms with Crippen molar-refractivity contribution in [2.45, 2.75) is 26.2 Å². The zero-order chi connectivity index (χ0) is 18.0. The lowest BCUT2D eigenvalue weighted by Gasteiger charge is -2.13. The standard InChI is InChI=1S/C18H18FN5O/c1-18(2,3)14-11-15(24(23-14)17-20-8-5-9-21-17)22-16(25)12-6-4-7-13(19)10-12/h4-11H,1-3H3,(H,22,25). The van der Waals surface area contributed by atoms with Gasteiger partial charge in [0.25, 0.3) is 11.9 Å². The van der Waals surface area contributed by atoms with Crippen LogP contribution >= 0.6 is 0 Å². The van der Waals surface area contributed by atoms with E-state index in [2.05, 4.69) is 20.4 Å². The molecule has 2 aromatic heterocycles. The molecule has 0 spiro atoms. The first-order chi connectivity index (χ1) is 11.8. The highest BCUT2D eigenvalue weighted by atomic mass is 19.1. The Bertz CT molecular complexity index is 899. The quantitative estimate of drug-likeness (QED) is 0.794. The van der Waals surface area contributed by atoms with Crippen molar-refractivity contribution >= 4 is 11.7 Å². The maximum Gasteiger partial charge on any atom is 0.256 e. The summed E-state index contributed by atoms with van der Waals surface area (Å²) in [6, 6.07) is 8.97. The number of aromatic nitrogens is 4. The van der Waals surface area contributed by atoms with Crippen molar-refractivity contribution in [3.8, 4) is 5.95 Å². The third-order valence-corrected chi connectivity index (χ3v) is 3.55. The predicted molar refractivity (Wildman–Crippen MR) is 92.2 cm³/mol. The smallest absolute Gasteiger partial charge is 0.256 e. The van der Waals surface area contributed by atoms with E-state index in [0.717, 1.165) is 5.69 Å². The second-order valence-corrected chi connectivity index (χ2v) is 6.59. The third kappa shape index (κ3) is 3.71. The van der Waals surface area contributed by atoms with Gasteiger partial charge >= 0.3 is 0 Å². The fourth-order valence-corrected chi connectivity index (χ4v) is 2.21. The van der Waals surface area contributed by atoms with E-state index in [1.807, 2.05) is 20.8 Å². The van der Waals surface area contributed by atoms with Gasteiger partial charge in [0.15, 0.2) is 0 Å².